The van der Waals surface area contributed by atoms with Gasteiger partial charge in [-0.3, -0.25) is 4.79 Å². The lowest BCUT2D eigenvalue weighted by atomic mass is 10.1. The largest absolute Gasteiger partial charge is 0.396 e. The molecule has 0 saturated carbocycles. The summed E-state index contributed by atoms with van der Waals surface area (Å²) in [6, 6.07) is 13.5. The second kappa shape index (κ2) is 7.31. The molecule has 1 unspecified atom stereocenters. The molecule has 0 bridgehead atoms. The number of hydrogen-bond donors (Lipinski definition) is 2. The lowest BCUT2D eigenvalue weighted by Crippen LogP contribution is -2.41. The third-order valence-corrected chi connectivity index (χ3v) is 5.53. The average molecular weight is 366 g/mol. The van der Waals surface area contributed by atoms with E-state index in [-0.39, 0.29) is 18.4 Å². The van der Waals surface area contributed by atoms with Crippen molar-refractivity contribution in [1.29, 1.82) is 0 Å². The van der Waals surface area contributed by atoms with E-state index in [1.807, 2.05) is 41.3 Å². The second-order valence-electron chi connectivity index (χ2n) is 6.11. The van der Waals surface area contributed by atoms with E-state index in [9.17, 15) is 9.90 Å². The van der Waals surface area contributed by atoms with Crippen molar-refractivity contribution in [1.82, 2.24) is 9.97 Å². The molecular weight excluding hydrogens is 348 g/mol. The van der Waals surface area contributed by atoms with Crippen LogP contribution in [0.1, 0.15) is 10.4 Å². The number of thioether (sulfide) groups is 1. The Hall–Kier alpha value is -2.64. The number of aromatic amines is 1. The monoisotopic (exact) mass is 366 g/mol. The summed E-state index contributed by atoms with van der Waals surface area (Å²) in [4.78, 5) is 26.4. The van der Waals surface area contributed by atoms with E-state index in [0.717, 1.165) is 16.8 Å². The van der Waals surface area contributed by atoms with E-state index in [4.69, 9.17) is 0 Å². The number of aromatic nitrogens is 2. The average Bonchev–Trinajstić information content (AvgIpc) is 3.13. The fourth-order valence-electron chi connectivity index (χ4n) is 2.97. The number of fused-ring (bicyclic) bond motifs is 1. The molecule has 6 nitrogen and oxygen atoms in total. The molecule has 1 fully saturated rings. The molecule has 0 aliphatic carbocycles. The summed E-state index contributed by atoms with van der Waals surface area (Å²) in [5.41, 5.74) is 2.15. The van der Waals surface area contributed by atoms with Crippen LogP contribution in [0.4, 0.5) is 5.69 Å². The van der Waals surface area contributed by atoms with E-state index in [2.05, 4.69) is 15.0 Å². The molecule has 1 atom stereocenters. The van der Waals surface area contributed by atoms with Gasteiger partial charge < -0.3 is 15.0 Å². The van der Waals surface area contributed by atoms with Gasteiger partial charge in [-0.25, -0.2) is 4.98 Å². The molecule has 0 radical (unpaired) electrons. The van der Waals surface area contributed by atoms with E-state index < -0.39 is 0 Å². The van der Waals surface area contributed by atoms with Crippen molar-refractivity contribution in [2.24, 2.45) is 10.9 Å². The quantitative estimate of drug-likeness (QED) is 0.745. The fraction of sp³-hybridized carbons (Fsp3) is 0.211. The van der Waals surface area contributed by atoms with Gasteiger partial charge in [-0.2, -0.15) is 4.99 Å². The van der Waals surface area contributed by atoms with Crippen LogP contribution in [0.2, 0.25) is 0 Å². The number of H-pyrrole nitrogens is 1. The Morgan fingerprint density at radius 3 is 2.96 bits per heavy atom. The molecule has 1 amide bonds. The number of carbonyl (C=O) groups is 1. The predicted molar refractivity (Wildman–Crippen MR) is 105 cm³/mol. The number of amidine groups is 1. The Morgan fingerprint density at radius 1 is 1.31 bits per heavy atom. The lowest BCUT2D eigenvalue weighted by molar-refractivity contribution is 0.100. The summed E-state index contributed by atoms with van der Waals surface area (Å²) in [5.74, 6) is 0.586. The first-order valence-corrected chi connectivity index (χ1v) is 9.36. The van der Waals surface area contributed by atoms with Crippen LogP contribution in [0.5, 0.6) is 0 Å². The third-order valence-electron chi connectivity index (χ3n) is 4.32. The van der Waals surface area contributed by atoms with Gasteiger partial charge in [-0.1, -0.05) is 30.0 Å². The summed E-state index contributed by atoms with van der Waals surface area (Å²) in [5, 5.41) is 11.0. The maximum absolute atomic E-state index is 12.8. The van der Waals surface area contributed by atoms with Crippen molar-refractivity contribution >= 4 is 39.6 Å². The third kappa shape index (κ3) is 3.23. The summed E-state index contributed by atoms with van der Waals surface area (Å²) in [7, 11) is 0. The van der Waals surface area contributed by atoms with Crippen LogP contribution in [-0.4, -0.2) is 45.1 Å². The van der Waals surface area contributed by atoms with Gasteiger partial charge in [-0.05, 0) is 24.3 Å². The van der Waals surface area contributed by atoms with Gasteiger partial charge in [0.1, 0.15) is 5.65 Å². The highest BCUT2D eigenvalue weighted by Crippen LogP contribution is 2.28. The zero-order valence-electron chi connectivity index (χ0n) is 14.0. The van der Waals surface area contributed by atoms with Crippen LogP contribution < -0.4 is 4.90 Å². The molecule has 4 rings (SSSR count). The fourth-order valence-corrected chi connectivity index (χ4v) is 4.04. The highest BCUT2D eigenvalue weighted by atomic mass is 32.2. The first kappa shape index (κ1) is 16.8. The minimum atomic E-state index is -0.296. The number of anilines is 1. The number of aliphatic hydroxyl groups excluding tert-OH is 1. The zero-order chi connectivity index (χ0) is 17.9. The maximum Gasteiger partial charge on any atom is 0.281 e. The number of para-hydroxylation sites is 1. The molecule has 1 aliphatic heterocycles. The van der Waals surface area contributed by atoms with Crippen molar-refractivity contribution in [2.75, 3.05) is 23.8 Å². The van der Waals surface area contributed by atoms with Gasteiger partial charge in [0.25, 0.3) is 5.91 Å². The predicted octanol–water partition coefficient (Wildman–Crippen LogP) is 2.92. The van der Waals surface area contributed by atoms with Crippen LogP contribution in [-0.2, 0) is 0 Å². The highest BCUT2D eigenvalue weighted by molar-refractivity contribution is 8.14. The van der Waals surface area contributed by atoms with E-state index in [0.29, 0.717) is 22.9 Å². The number of carbonyl (C=O) groups excluding carboxylic acids is 1. The molecular formula is C19H18N4O2S. The normalized spacial score (nSPS) is 19.2. The highest BCUT2D eigenvalue weighted by Gasteiger charge is 2.27. The van der Waals surface area contributed by atoms with Crippen molar-refractivity contribution in [3.63, 3.8) is 0 Å². The van der Waals surface area contributed by atoms with Gasteiger partial charge in [0, 0.05) is 48.3 Å². The first-order chi connectivity index (χ1) is 12.8. The molecule has 26 heavy (non-hydrogen) atoms. The topological polar surface area (TPSA) is 81.6 Å². The first-order valence-electron chi connectivity index (χ1n) is 8.37. The Kier molecular flexibility index (Phi) is 4.73. The number of amides is 1. The van der Waals surface area contributed by atoms with Crippen molar-refractivity contribution < 1.29 is 9.90 Å². The number of nitrogens with one attached hydrogen (secondary N) is 1. The molecule has 1 aromatic carbocycles. The Bertz CT molecular complexity index is 954. The van der Waals surface area contributed by atoms with E-state index in [1.54, 1.807) is 18.5 Å². The number of pyridine rings is 1. The van der Waals surface area contributed by atoms with E-state index in [1.165, 1.54) is 11.8 Å². The second-order valence-corrected chi connectivity index (χ2v) is 7.09. The SMILES string of the molecule is O=C(N=C1SCC(CO)CN1c1ccccc1)c1c[nH]c2ncccc12. The number of hydrogen-bond acceptors (Lipinski definition) is 4. The number of aliphatic imine (C=N–C) groups is 1. The van der Waals surface area contributed by atoms with Crippen LogP contribution in [0.15, 0.2) is 59.9 Å². The summed E-state index contributed by atoms with van der Waals surface area (Å²) >= 11 is 1.50. The van der Waals surface area contributed by atoms with E-state index >= 15 is 0 Å². The van der Waals surface area contributed by atoms with Gasteiger partial charge in [-0.15, -0.1) is 0 Å². The summed E-state index contributed by atoms with van der Waals surface area (Å²) < 4.78 is 0. The Morgan fingerprint density at radius 2 is 2.15 bits per heavy atom. The molecule has 2 aromatic heterocycles. The molecule has 1 saturated heterocycles. The molecule has 2 N–H and O–H groups in total. The lowest BCUT2D eigenvalue weighted by Gasteiger charge is -2.33. The van der Waals surface area contributed by atoms with Gasteiger partial charge in [0.15, 0.2) is 5.17 Å². The summed E-state index contributed by atoms with van der Waals surface area (Å²) in [6.45, 7) is 0.751. The van der Waals surface area contributed by atoms with Crippen LogP contribution >= 0.6 is 11.8 Å². The Balaban J connectivity index is 1.68. The summed E-state index contributed by atoms with van der Waals surface area (Å²) in [6.07, 6.45) is 3.34. The smallest absolute Gasteiger partial charge is 0.281 e. The Labute approximate surface area is 155 Å². The molecule has 3 heterocycles. The van der Waals surface area contributed by atoms with Crippen LogP contribution in [0, 0.1) is 5.92 Å². The van der Waals surface area contributed by atoms with Crippen LogP contribution in [0.25, 0.3) is 11.0 Å². The minimum absolute atomic E-state index is 0.117. The van der Waals surface area contributed by atoms with Crippen LogP contribution in [0.3, 0.4) is 0 Å². The molecule has 132 valence electrons. The number of rotatable bonds is 3. The number of aliphatic hydroxyl groups is 1. The van der Waals surface area contributed by atoms with Gasteiger partial charge >= 0.3 is 0 Å². The van der Waals surface area contributed by atoms with Crippen molar-refractivity contribution in [3.8, 4) is 0 Å². The number of nitrogens with zero attached hydrogens (tertiary/aromatic N) is 3. The molecule has 3 aromatic rings. The molecule has 1 aliphatic rings. The van der Waals surface area contributed by atoms with Crippen molar-refractivity contribution in [2.45, 2.75) is 0 Å². The molecule has 0 spiro atoms. The number of benzene rings is 1. The maximum atomic E-state index is 12.8. The molecule has 7 heteroatoms. The zero-order valence-corrected chi connectivity index (χ0v) is 14.8. The van der Waals surface area contributed by atoms with Gasteiger partial charge in [0.05, 0.1) is 5.56 Å². The van der Waals surface area contributed by atoms with Crippen molar-refractivity contribution in [3.05, 3.63) is 60.4 Å². The standard InChI is InChI=1S/C19H18N4O2S/c24-11-13-10-23(14-5-2-1-3-6-14)19(26-12-13)22-18(25)16-9-21-17-15(16)7-4-8-20-17/h1-9,13,24H,10-12H2,(H,20,21). The minimum Gasteiger partial charge on any atom is -0.396 e. The van der Waals surface area contributed by atoms with Gasteiger partial charge in [0.2, 0.25) is 0 Å².